The molecule has 36 heavy (non-hydrogen) atoms. The molecule has 0 bridgehead atoms. The number of rotatable bonds is 9. The van der Waals surface area contributed by atoms with Crippen LogP contribution in [0.3, 0.4) is 0 Å². The molecule has 1 heterocycles. The van der Waals surface area contributed by atoms with Crippen LogP contribution >= 0.6 is 11.3 Å². The fourth-order valence-corrected chi connectivity index (χ4v) is 6.79. The summed E-state index contributed by atoms with van der Waals surface area (Å²) in [5, 5.41) is 3.82. The van der Waals surface area contributed by atoms with Crippen molar-refractivity contribution in [3.05, 3.63) is 90.0 Å². The van der Waals surface area contributed by atoms with Crippen molar-refractivity contribution in [3.63, 3.8) is 0 Å². The number of hydrogen-bond acceptors (Lipinski definition) is 3. The van der Waals surface area contributed by atoms with Gasteiger partial charge < -0.3 is 10.3 Å². The molecule has 5 rings (SSSR count). The maximum absolute atomic E-state index is 12.6. The van der Waals surface area contributed by atoms with Gasteiger partial charge in [0.1, 0.15) is 6.26 Å². The average Bonchev–Trinajstić information content (AvgIpc) is 3.32. The third-order valence-corrected chi connectivity index (χ3v) is 9.04. The number of thiophene rings is 1. The molecule has 4 heteroatoms. The summed E-state index contributed by atoms with van der Waals surface area (Å²) < 4.78 is 13.9. The van der Waals surface area contributed by atoms with Gasteiger partial charge in [0.2, 0.25) is 0 Å². The summed E-state index contributed by atoms with van der Waals surface area (Å²) in [6.45, 7) is 2.79. The first-order valence-corrected chi connectivity index (χ1v) is 15.2. The van der Waals surface area contributed by atoms with Crippen LogP contribution in [-0.2, 0) is 24.1 Å². The summed E-state index contributed by atoms with van der Waals surface area (Å²) in [5.74, 6) is 0. The van der Waals surface area contributed by atoms with Crippen molar-refractivity contribution >= 4 is 43.4 Å². The van der Waals surface area contributed by atoms with E-state index in [1.165, 1.54) is 52.1 Å². The fourth-order valence-electron chi connectivity index (χ4n) is 4.86. The Morgan fingerprint density at radius 1 is 0.750 bits per heavy atom. The van der Waals surface area contributed by atoms with Gasteiger partial charge in [0, 0.05) is 21.7 Å². The van der Waals surface area contributed by atoms with E-state index >= 15 is 0 Å². The molecule has 2 nitrogen and oxygen atoms in total. The van der Waals surface area contributed by atoms with Crippen LogP contribution in [0.5, 0.6) is 0 Å². The highest BCUT2D eigenvalue weighted by molar-refractivity contribution is 7.90. The zero-order valence-corrected chi connectivity index (χ0v) is 22.7. The van der Waals surface area contributed by atoms with Gasteiger partial charge in [-0.1, -0.05) is 68.7 Å². The lowest BCUT2D eigenvalue weighted by molar-refractivity contribution is 0.601. The largest absolute Gasteiger partial charge is 0.612 e. The van der Waals surface area contributed by atoms with Crippen molar-refractivity contribution in [3.8, 4) is 21.6 Å². The van der Waals surface area contributed by atoms with E-state index in [-0.39, 0.29) is 0 Å². The van der Waals surface area contributed by atoms with Gasteiger partial charge in [0.15, 0.2) is 4.90 Å². The molecule has 0 spiro atoms. The Bertz CT molecular complexity index is 1480. The molecule has 2 N–H and O–H groups in total. The minimum atomic E-state index is -1.07. The Morgan fingerprint density at radius 3 is 2.28 bits per heavy atom. The van der Waals surface area contributed by atoms with Gasteiger partial charge in [-0.25, -0.2) is 0 Å². The smallest absolute Gasteiger partial charge is 0.161 e. The van der Waals surface area contributed by atoms with Crippen molar-refractivity contribution in [2.24, 2.45) is 5.73 Å². The highest BCUT2D eigenvalue weighted by Gasteiger charge is 2.17. The van der Waals surface area contributed by atoms with Crippen molar-refractivity contribution in [1.29, 1.82) is 0 Å². The predicted octanol–water partition coefficient (Wildman–Crippen LogP) is 8.71. The number of nitrogens with two attached hydrogens (primary N) is 1. The second-order valence-corrected chi connectivity index (χ2v) is 12.0. The maximum atomic E-state index is 12.6. The number of hydrogen-bond donors (Lipinski definition) is 1. The van der Waals surface area contributed by atoms with Gasteiger partial charge in [0.25, 0.3) is 0 Å². The van der Waals surface area contributed by atoms with E-state index in [2.05, 4.69) is 79.7 Å². The molecule has 0 saturated carbocycles. The molecular weight excluding hydrogens is 478 g/mol. The van der Waals surface area contributed by atoms with Crippen LogP contribution in [0.4, 0.5) is 0 Å². The Morgan fingerprint density at radius 2 is 1.53 bits per heavy atom. The SMILES string of the molecule is CCCCCCc1ccc2cc3sc(-c4cc(-c5ccc(CN)cc5)ccc4[S+](C)[O-])cc3cc2c1. The van der Waals surface area contributed by atoms with E-state index in [1.807, 2.05) is 6.07 Å². The maximum Gasteiger partial charge on any atom is 0.161 e. The molecule has 1 atom stereocenters. The Kier molecular flexibility index (Phi) is 7.78. The van der Waals surface area contributed by atoms with Crippen LogP contribution < -0.4 is 5.73 Å². The molecule has 0 amide bonds. The molecule has 1 unspecified atom stereocenters. The van der Waals surface area contributed by atoms with Gasteiger partial charge in [0.05, 0.1) is 0 Å². The van der Waals surface area contributed by atoms with Crippen molar-refractivity contribution < 1.29 is 4.55 Å². The molecule has 184 valence electrons. The Hall–Kier alpha value is -2.63. The van der Waals surface area contributed by atoms with Gasteiger partial charge >= 0.3 is 0 Å². The Labute approximate surface area is 221 Å². The quantitative estimate of drug-likeness (QED) is 0.159. The molecule has 1 aromatic heterocycles. The molecule has 0 aliphatic heterocycles. The van der Waals surface area contributed by atoms with Crippen LogP contribution in [0.2, 0.25) is 0 Å². The minimum Gasteiger partial charge on any atom is -0.612 e. The predicted molar refractivity (Wildman–Crippen MR) is 158 cm³/mol. The summed E-state index contributed by atoms with van der Waals surface area (Å²) in [6, 6.07) is 28.4. The van der Waals surface area contributed by atoms with Gasteiger partial charge in [-0.2, -0.15) is 0 Å². The summed E-state index contributed by atoms with van der Waals surface area (Å²) >= 11 is 0.704. The lowest BCUT2D eigenvalue weighted by Gasteiger charge is -2.12. The van der Waals surface area contributed by atoms with Crippen LogP contribution in [0.25, 0.3) is 42.4 Å². The molecule has 0 aliphatic carbocycles. The van der Waals surface area contributed by atoms with E-state index in [1.54, 1.807) is 17.6 Å². The first-order chi connectivity index (χ1) is 17.6. The standard InChI is InChI=1S/C32H33NOS2/c1-3-4-5-6-7-22-8-13-26-19-30-28(17-27(26)16-22)20-31(35-30)29-18-25(14-15-32(29)36(2)34)24-11-9-23(21-33)10-12-24/h8-20H,3-7,21,33H2,1-2H3. The molecule has 0 fully saturated rings. The molecule has 4 aromatic carbocycles. The molecular formula is C32H33NOS2. The highest BCUT2D eigenvalue weighted by Crippen LogP contribution is 2.40. The normalized spacial score (nSPS) is 12.4. The zero-order chi connectivity index (χ0) is 25.1. The summed E-state index contributed by atoms with van der Waals surface area (Å²) in [5.41, 5.74) is 11.6. The Balaban J connectivity index is 1.52. The number of unbranched alkanes of at least 4 members (excludes halogenated alkanes) is 3. The fraction of sp³-hybridized carbons (Fsp3) is 0.250. The molecule has 0 saturated heterocycles. The summed E-state index contributed by atoms with van der Waals surface area (Å²) in [4.78, 5) is 2.04. The number of fused-ring (bicyclic) bond motifs is 2. The third-order valence-electron chi connectivity index (χ3n) is 6.94. The van der Waals surface area contributed by atoms with Crippen LogP contribution in [0, 0.1) is 0 Å². The van der Waals surface area contributed by atoms with Crippen LogP contribution in [-0.4, -0.2) is 10.8 Å². The molecule has 0 radical (unpaired) electrons. The highest BCUT2D eigenvalue weighted by atomic mass is 32.2. The summed E-state index contributed by atoms with van der Waals surface area (Å²) in [6.07, 6.45) is 8.06. The lowest BCUT2D eigenvalue weighted by atomic mass is 10.00. The zero-order valence-electron chi connectivity index (χ0n) is 21.1. The van der Waals surface area contributed by atoms with Crippen LogP contribution in [0.15, 0.2) is 83.8 Å². The van der Waals surface area contributed by atoms with Crippen LogP contribution in [0.1, 0.15) is 43.7 Å². The topological polar surface area (TPSA) is 49.1 Å². The lowest BCUT2D eigenvalue weighted by Crippen LogP contribution is -2.00. The van der Waals surface area contributed by atoms with Gasteiger partial charge in [-0.3, -0.25) is 0 Å². The van der Waals surface area contributed by atoms with E-state index in [0.29, 0.717) is 6.54 Å². The summed E-state index contributed by atoms with van der Waals surface area (Å²) in [7, 11) is 0. The van der Waals surface area contributed by atoms with Gasteiger partial charge in [-0.05, 0) is 98.8 Å². The average molecular weight is 512 g/mol. The first kappa shape index (κ1) is 25.0. The van der Waals surface area contributed by atoms with E-state index in [4.69, 9.17) is 5.73 Å². The van der Waals surface area contributed by atoms with E-state index in [0.717, 1.165) is 38.4 Å². The van der Waals surface area contributed by atoms with E-state index < -0.39 is 11.2 Å². The van der Waals surface area contributed by atoms with E-state index in [9.17, 15) is 4.55 Å². The second-order valence-electron chi connectivity index (χ2n) is 9.56. The monoisotopic (exact) mass is 511 g/mol. The minimum absolute atomic E-state index is 0.537. The van der Waals surface area contributed by atoms with Crippen molar-refractivity contribution in [1.82, 2.24) is 0 Å². The van der Waals surface area contributed by atoms with Crippen molar-refractivity contribution in [2.75, 3.05) is 6.26 Å². The second kappa shape index (κ2) is 11.2. The number of benzene rings is 4. The molecule has 0 aliphatic rings. The van der Waals surface area contributed by atoms with Crippen molar-refractivity contribution in [2.45, 2.75) is 50.5 Å². The first-order valence-electron chi connectivity index (χ1n) is 12.8. The van der Waals surface area contributed by atoms with Gasteiger partial charge in [-0.15, -0.1) is 11.3 Å². The molecule has 5 aromatic rings. The number of aryl methyl sites for hydroxylation is 1. The third kappa shape index (κ3) is 5.37.